The molecule has 7 heteroatoms. The third-order valence-electron chi connectivity index (χ3n) is 2.99. The summed E-state index contributed by atoms with van der Waals surface area (Å²) in [5.41, 5.74) is 0.149. The van der Waals surface area contributed by atoms with Crippen LogP contribution < -0.4 is 9.84 Å². The Hall–Kier alpha value is -1.95. The standard InChI is InChI=1S/C14H10ClF3O3/c1-7(2)8-3-4-9-5-10(12(19)20)13(15,14(16,17)18)21-11(9)6-8/h3-6H,1H2,2H3,(H,19,20)/p-1. The Labute approximate surface area is 123 Å². The van der Waals surface area contributed by atoms with Crippen LogP contribution in [0.15, 0.2) is 30.4 Å². The molecule has 1 aromatic carbocycles. The zero-order valence-electron chi connectivity index (χ0n) is 10.8. The number of rotatable bonds is 2. The molecule has 0 spiro atoms. The molecule has 0 amide bonds. The van der Waals surface area contributed by atoms with E-state index in [1.807, 2.05) is 0 Å². The number of benzene rings is 1. The van der Waals surface area contributed by atoms with Gasteiger partial charge in [0.25, 0.3) is 0 Å². The number of hydrogen-bond donors (Lipinski definition) is 0. The lowest BCUT2D eigenvalue weighted by Gasteiger charge is -2.36. The molecule has 1 aromatic rings. The van der Waals surface area contributed by atoms with E-state index < -0.39 is 22.8 Å². The fourth-order valence-corrected chi connectivity index (χ4v) is 2.08. The molecule has 21 heavy (non-hydrogen) atoms. The molecule has 0 fully saturated rings. The Morgan fingerprint density at radius 3 is 2.52 bits per heavy atom. The molecule has 1 aliphatic rings. The van der Waals surface area contributed by atoms with Crippen LogP contribution in [0.1, 0.15) is 18.1 Å². The quantitative estimate of drug-likeness (QED) is 0.788. The van der Waals surface area contributed by atoms with Crippen molar-refractivity contribution in [1.82, 2.24) is 0 Å². The molecular weight excluding hydrogens is 309 g/mol. The molecule has 1 unspecified atom stereocenters. The molecule has 0 aliphatic carbocycles. The van der Waals surface area contributed by atoms with Gasteiger partial charge in [0.1, 0.15) is 5.75 Å². The predicted molar refractivity (Wildman–Crippen MR) is 69.4 cm³/mol. The molecule has 0 N–H and O–H groups in total. The number of halogens is 4. The lowest BCUT2D eigenvalue weighted by molar-refractivity contribution is -0.303. The number of carbonyl (C=O) groups is 1. The third-order valence-corrected chi connectivity index (χ3v) is 3.48. The number of carbonyl (C=O) groups excluding carboxylic acids is 1. The van der Waals surface area contributed by atoms with Gasteiger partial charge in [-0.25, -0.2) is 0 Å². The van der Waals surface area contributed by atoms with E-state index in [-0.39, 0.29) is 11.3 Å². The van der Waals surface area contributed by atoms with Gasteiger partial charge in [-0.15, -0.1) is 0 Å². The minimum atomic E-state index is -5.13. The summed E-state index contributed by atoms with van der Waals surface area (Å²) >= 11 is 5.41. The van der Waals surface area contributed by atoms with E-state index in [9.17, 15) is 23.1 Å². The van der Waals surface area contributed by atoms with Crippen LogP contribution in [-0.4, -0.2) is 17.2 Å². The van der Waals surface area contributed by atoms with Crippen LogP contribution in [0.25, 0.3) is 11.6 Å². The summed E-state index contributed by atoms with van der Waals surface area (Å²) in [6, 6.07) is 4.33. The summed E-state index contributed by atoms with van der Waals surface area (Å²) in [5, 5.41) is 7.46. The lowest BCUT2D eigenvalue weighted by Crippen LogP contribution is -2.52. The van der Waals surface area contributed by atoms with Crippen LogP contribution in [0.4, 0.5) is 13.2 Å². The predicted octanol–water partition coefficient (Wildman–Crippen LogP) is 2.74. The molecule has 0 saturated heterocycles. The molecule has 1 heterocycles. The first kappa shape index (κ1) is 15.4. The highest BCUT2D eigenvalue weighted by Gasteiger charge is 2.60. The van der Waals surface area contributed by atoms with Crippen molar-refractivity contribution in [2.45, 2.75) is 18.2 Å². The zero-order chi connectivity index (χ0) is 16.0. The van der Waals surface area contributed by atoms with Crippen molar-refractivity contribution in [1.29, 1.82) is 0 Å². The topological polar surface area (TPSA) is 49.4 Å². The van der Waals surface area contributed by atoms with E-state index in [0.29, 0.717) is 11.1 Å². The molecule has 112 valence electrons. The number of alkyl halides is 4. The van der Waals surface area contributed by atoms with Crippen molar-refractivity contribution in [3.05, 3.63) is 41.5 Å². The van der Waals surface area contributed by atoms with E-state index >= 15 is 0 Å². The van der Waals surface area contributed by atoms with E-state index in [0.717, 1.165) is 6.08 Å². The van der Waals surface area contributed by atoms with Crippen molar-refractivity contribution in [2.24, 2.45) is 0 Å². The highest BCUT2D eigenvalue weighted by Crippen LogP contribution is 2.48. The van der Waals surface area contributed by atoms with E-state index in [4.69, 9.17) is 16.3 Å². The first-order valence-electron chi connectivity index (χ1n) is 5.74. The number of allylic oxidation sites excluding steroid dienone is 1. The summed E-state index contributed by atoms with van der Waals surface area (Å²) in [6.07, 6.45) is -4.33. The highest BCUT2D eigenvalue weighted by molar-refractivity contribution is 6.29. The van der Waals surface area contributed by atoms with Crippen molar-refractivity contribution >= 4 is 29.2 Å². The monoisotopic (exact) mass is 317 g/mol. The Balaban J connectivity index is 2.64. The van der Waals surface area contributed by atoms with E-state index in [1.165, 1.54) is 12.1 Å². The van der Waals surface area contributed by atoms with Gasteiger partial charge in [-0.2, -0.15) is 13.2 Å². The van der Waals surface area contributed by atoms with Gasteiger partial charge in [0, 0.05) is 11.1 Å². The van der Waals surface area contributed by atoms with Crippen molar-refractivity contribution in [3.63, 3.8) is 0 Å². The first-order valence-corrected chi connectivity index (χ1v) is 6.12. The van der Waals surface area contributed by atoms with Gasteiger partial charge < -0.3 is 14.6 Å². The fraction of sp³-hybridized carbons (Fsp3) is 0.214. The molecule has 1 aliphatic heterocycles. The Morgan fingerprint density at radius 2 is 2.05 bits per heavy atom. The third kappa shape index (κ3) is 2.51. The van der Waals surface area contributed by atoms with Gasteiger partial charge in [-0.1, -0.05) is 35.9 Å². The Kier molecular flexibility index (Phi) is 3.53. The summed E-state index contributed by atoms with van der Waals surface area (Å²) in [6.45, 7) is 5.34. The maximum absolute atomic E-state index is 13.1. The van der Waals surface area contributed by atoms with Crippen molar-refractivity contribution in [3.8, 4) is 5.75 Å². The second-order valence-electron chi connectivity index (χ2n) is 4.57. The number of carboxylic acids is 1. The van der Waals surface area contributed by atoms with E-state index in [1.54, 1.807) is 13.0 Å². The minimum absolute atomic E-state index is 0.166. The fourth-order valence-electron chi connectivity index (χ4n) is 1.86. The van der Waals surface area contributed by atoms with Gasteiger partial charge in [0.2, 0.25) is 0 Å². The average Bonchev–Trinajstić information content (AvgIpc) is 2.35. The minimum Gasteiger partial charge on any atom is -0.545 e. The van der Waals surface area contributed by atoms with Gasteiger partial charge in [0.15, 0.2) is 0 Å². The average molecular weight is 318 g/mol. The molecule has 3 nitrogen and oxygen atoms in total. The first-order chi connectivity index (χ1) is 9.56. The maximum Gasteiger partial charge on any atom is 0.448 e. The van der Waals surface area contributed by atoms with Crippen LogP contribution in [0.5, 0.6) is 5.75 Å². The van der Waals surface area contributed by atoms with Gasteiger partial charge in [0.05, 0.1) is 5.97 Å². The summed E-state index contributed by atoms with van der Waals surface area (Å²) < 4.78 is 44.0. The molecule has 0 saturated carbocycles. The lowest BCUT2D eigenvalue weighted by atomic mass is 9.98. The van der Waals surface area contributed by atoms with Crippen molar-refractivity contribution in [2.75, 3.05) is 0 Å². The molecule has 1 atom stereocenters. The number of aliphatic carboxylic acids is 1. The molecular formula is C14H9ClF3O3-. The summed E-state index contributed by atoms with van der Waals surface area (Å²) in [4.78, 5) is 10.9. The summed E-state index contributed by atoms with van der Waals surface area (Å²) in [7, 11) is 0. The molecule has 0 aromatic heterocycles. The maximum atomic E-state index is 13.1. The Bertz CT molecular complexity index is 664. The van der Waals surface area contributed by atoms with Crippen LogP contribution in [-0.2, 0) is 4.79 Å². The smallest absolute Gasteiger partial charge is 0.448 e. The second-order valence-corrected chi connectivity index (χ2v) is 5.11. The van der Waals surface area contributed by atoms with Gasteiger partial charge in [-0.05, 0) is 24.6 Å². The van der Waals surface area contributed by atoms with Crippen LogP contribution in [0, 0.1) is 0 Å². The molecule has 0 radical (unpaired) electrons. The number of ether oxygens (including phenoxy) is 1. The Morgan fingerprint density at radius 1 is 1.43 bits per heavy atom. The van der Waals surface area contributed by atoms with Crippen LogP contribution in [0.2, 0.25) is 0 Å². The van der Waals surface area contributed by atoms with Crippen LogP contribution in [0.3, 0.4) is 0 Å². The molecule has 2 rings (SSSR count). The van der Waals surface area contributed by atoms with Gasteiger partial charge in [-0.3, -0.25) is 0 Å². The summed E-state index contributed by atoms with van der Waals surface area (Å²) in [5.74, 6) is -2.22. The number of fused-ring (bicyclic) bond motifs is 1. The molecule has 0 bridgehead atoms. The van der Waals surface area contributed by atoms with E-state index in [2.05, 4.69) is 6.58 Å². The highest BCUT2D eigenvalue weighted by atomic mass is 35.5. The van der Waals surface area contributed by atoms with Crippen LogP contribution >= 0.6 is 11.6 Å². The SMILES string of the molecule is C=C(C)c1ccc2c(c1)OC(Cl)(C(F)(F)F)C(C(=O)[O-])=C2. The largest absolute Gasteiger partial charge is 0.545 e. The van der Waals surface area contributed by atoms with Crippen molar-refractivity contribution < 1.29 is 27.8 Å². The zero-order valence-corrected chi connectivity index (χ0v) is 11.5. The normalized spacial score (nSPS) is 21.1. The van der Waals surface area contributed by atoms with Gasteiger partial charge >= 0.3 is 11.2 Å². The second kappa shape index (κ2) is 4.80. The number of hydrogen-bond acceptors (Lipinski definition) is 3. The number of carboxylic acid groups (broad SMARTS) is 1.